The van der Waals surface area contributed by atoms with Crippen LogP contribution in [0.2, 0.25) is 0 Å². The molecule has 1 aromatic heterocycles. The second-order valence-corrected chi connectivity index (χ2v) is 9.30. The quantitative estimate of drug-likeness (QED) is 0.877. The lowest BCUT2D eigenvalue weighted by Gasteiger charge is -2.56. The lowest BCUT2D eigenvalue weighted by molar-refractivity contribution is -0.0172. The Balaban J connectivity index is 1.52. The van der Waals surface area contributed by atoms with Crippen molar-refractivity contribution in [1.82, 2.24) is 10.0 Å². The van der Waals surface area contributed by atoms with E-state index in [4.69, 9.17) is 4.42 Å². The minimum Gasteiger partial charge on any atom is -0.438 e. The first-order valence-electron chi connectivity index (χ1n) is 8.25. The van der Waals surface area contributed by atoms with Crippen molar-refractivity contribution in [2.75, 3.05) is 7.05 Å². The second kappa shape index (κ2) is 5.08. The van der Waals surface area contributed by atoms with Gasteiger partial charge in [-0.25, -0.2) is 13.1 Å². The smallest absolute Gasteiger partial charge is 0.287 e. The highest BCUT2D eigenvalue weighted by molar-refractivity contribution is 7.89. The van der Waals surface area contributed by atoms with Crippen LogP contribution >= 0.6 is 0 Å². The van der Waals surface area contributed by atoms with Crippen molar-refractivity contribution in [2.24, 2.45) is 17.8 Å². The molecular weight excluding hydrogens is 316 g/mol. The summed E-state index contributed by atoms with van der Waals surface area (Å²) in [4.78, 5) is 12.5. The van der Waals surface area contributed by atoms with Gasteiger partial charge in [-0.3, -0.25) is 4.79 Å². The zero-order valence-corrected chi connectivity index (χ0v) is 14.0. The number of hydrogen-bond acceptors (Lipinski definition) is 4. The average molecular weight is 338 g/mol. The highest BCUT2D eigenvalue weighted by atomic mass is 32.2. The zero-order valence-electron chi connectivity index (χ0n) is 13.2. The molecule has 4 fully saturated rings. The fraction of sp³-hybridized carbons (Fsp3) is 0.688. The minimum atomic E-state index is -3.66. The summed E-state index contributed by atoms with van der Waals surface area (Å²) < 4.78 is 30.9. The third kappa shape index (κ3) is 2.59. The Kier molecular flexibility index (Phi) is 3.36. The third-order valence-corrected chi connectivity index (χ3v) is 7.04. The molecule has 2 N–H and O–H groups in total. The summed E-state index contributed by atoms with van der Waals surface area (Å²) in [6.07, 6.45) is 7.06. The molecule has 0 spiro atoms. The van der Waals surface area contributed by atoms with Crippen molar-refractivity contribution in [3.05, 3.63) is 17.9 Å². The monoisotopic (exact) mass is 338 g/mol. The molecule has 5 rings (SSSR count). The van der Waals surface area contributed by atoms with E-state index in [9.17, 15) is 13.2 Å². The van der Waals surface area contributed by atoms with Gasteiger partial charge in [0, 0.05) is 5.54 Å². The predicted molar refractivity (Wildman–Crippen MR) is 83.3 cm³/mol. The van der Waals surface area contributed by atoms with Crippen LogP contribution in [0.4, 0.5) is 0 Å². The number of rotatable bonds is 4. The molecule has 1 amide bonds. The van der Waals surface area contributed by atoms with Crippen LogP contribution in [-0.4, -0.2) is 26.9 Å². The maximum Gasteiger partial charge on any atom is 0.287 e. The molecule has 4 saturated carbocycles. The molecule has 0 radical (unpaired) electrons. The zero-order chi connectivity index (χ0) is 16.2. The first kappa shape index (κ1) is 15.2. The van der Waals surface area contributed by atoms with Crippen molar-refractivity contribution in [3.63, 3.8) is 0 Å². The van der Waals surface area contributed by atoms with Crippen LogP contribution < -0.4 is 10.0 Å². The van der Waals surface area contributed by atoms with Gasteiger partial charge in [0.2, 0.25) is 5.09 Å². The average Bonchev–Trinajstić information content (AvgIpc) is 2.96. The summed E-state index contributed by atoms with van der Waals surface area (Å²) in [5.41, 5.74) is -0.110. The van der Waals surface area contributed by atoms with E-state index in [0.717, 1.165) is 37.0 Å². The fourth-order valence-corrected chi connectivity index (χ4v) is 5.90. The van der Waals surface area contributed by atoms with E-state index in [-0.39, 0.29) is 22.3 Å². The minimum absolute atomic E-state index is 0.0644. The Morgan fingerprint density at radius 1 is 1.13 bits per heavy atom. The molecule has 1 heterocycles. The third-order valence-electron chi connectivity index (χ3n) is 5.76. The Bertz CT molecular complexity index is 702. The van der Waals surface area contributed by atoms with E-state index in [1.807, 2.05) is 0 Å². The lowest BCUT2D eigenvalue weighted by atomic mass is 9.53. The summed E-state index contributed by atoms with van der Waals surface area (Å²) in [5.74, 6) is 1.97. The van der Waals surface area contributed by atoms with E-state index < -0.39 is 10.0 Å². The van der Waals surface area contributed by atoms with E-state index in [2.05, 4.69) is 10.0 Å². The number of carbonyl (C=O) groups is 1. The molecule has 4 aliphatic rings. The van der Waals surface area contributed by atoms with Crippen molar-refractivity contribution in [3.8, 4) is 0 Å². The van der Waals surface area contributed by atoms with Gasteiger partial charge in [0.05, 0.1) is 0 Å². The maximum atomic E-state index is 12.5. The molecule has 4 aliphatic carbocycles. The van der Waals surface area contributed by atoms with E-state index in [1.54, 1.807) is 0 Å². The molecule has 7 heteroatoms. The number of carbonyl (C=O) groups excluding carboxylic acids is 1. The van der Waals surface area contributed by atoms with E-state index in [0.29, 0.717) is 0 Å². The van der Waals surface area contributed by atoms with Gasteiger partial charge in [-0.05, 0) is 75.5 Å². The standard InChI is InChI=1S/C16H22N2O4S/c1-17-23(20,21)14-3-2-13(22-14)15(19)18-16-7-10-4-11(8-16)6-12(5-10)9-16/h2-3,10-12,17H,4-9H2,1H3,(H,18,19). The van der Waals surface area contributed by atoms with Crippen molar-refractivity contribution in [1.29, 1.82) is 0 Å². The van der Waals surface area contributed by atoms with Crippen molar-refractivity contribution in [2.45, 2.75) is 49.2 Å². The Morgan fingerprint density at radius 3 is 2.22 bits per heavy atom. The largest absolute Gasteiger partial charge is 0.438 e. The van der Waals surface area contributed by atoms with Crippen LogP contribution in [0.25, 0.3) is 0 Å². The highest BCUT2D eigenvalue weighted by Gasteiger charge is 2.51. The Hall–Kier alpha value is -1.34. The number of amides is 1. The van der Waals surface area contributed by atoms with Crippen LogP contribution in [0.3, 0.4) is 0 Å². The first-order valence-corrected chi connectivity index (χ1v) is 9.73. The van der Waals surface area contributed by atoms with Crippen LogP contribution in [0.15, 0.2) is 21.6 Å². The van der Waals surface area contributed by atoms with Gasteiger partial charge in [-0.1, -0.05) is 0 Å². The number of nitrogens with one attached hydrogen (secondary N) is 2. The molecule has 0 atom stereocenters. The van der Waals surface area contributed by atoms with Gasteiger partial charge in [0.15, 0.2) is 5.76 Å². The number of sulfonamides is 1. The van der Waals surface area contributed by atoms with Crippen molar-refractivity contribution < 1.29 is 17.6 Å². The van der Waals surface area contributed by atoms with Crippen LogP contribution in [-0.2, 0) is 10.0 Å². The summed E-state index contributed by atoms with van der Waals surface area (Å²) in [5, 5.41) is 2.95. The van der Waals surface area contributed by atoms with Crippen LogP contribution in [0, 0.1) is 17.8 Å². The summed E-state index contributed by atoms with van der Waals surface area (Å²) >= 11 is 0. The molecule has 0 unspecified atom stereocenters. The summed E-state index contributed by atoms with van der Waals surface area (Å²) in [6.45, 7) is 0. The van der Waals surface area contributed by atoms with Gasteiger partial charge < -0.3 is 9.73 Å². The molecule has 4 bridgehead atoms. The predicted octanol–water partition coefficient (Wildman–Crippen LogP) is 1.89. The lowest BCUT2D eigenvalue weighted by Crippen LogP contribution is -2.59. The molecular formula is C16H22N2O4S. The fourth-order valence-electron chi connectivity index (χ4n) is 5.25. The Labute approximate surface area is 136 Å². The highest BCUT2D eigenvalue weighted by Crippen LogP contribution is 2.55. The van der Waals surface area contributed by atoms with Gasteiger partial charge in [0.25, 0.3) is 15.9 Å². The summed E-state index contributed by atoms with van der Waals surface area (Å²) in [7, 11) is -2.35. The molecule has 1 aromatic rings. The molecule has 23 heavy (non-hydrogen) atoms. The van der Waals surface area contributed by atoms with E-state index in [1.165, 1.54) is 38.4 Å². The molecule has 126 valence electrons. The Morgan fingerprint density at radius 2 is 1.70 bits per heavy atom. The van der Waals surface area contributed by atoms with Crippen molar-refractivity contribution >= 4 is 15.9 Å². The second-order valence-electron chi connectivity index (χ2n) is 7.48. The molecule has 0 aromatic carbocycles. The topological polar surface area (TPSA) is 88.4 Å². The normalized spacial score (nSPS) is 35.4. The van der Waals surface area contributed by atoms with Gasteiger partial charge >= 0.3 is 0 Å². The first-order chi connectivity index (χ1) is 10.9. The number of furan rings is 1. The molecule has 0 saturated heterocycles. The summed E-state index contributed by atoms with van der Waals surface area (Å²) in [6, 6.07) is 2.75. The number of hydrogen-bond donors (Lipinski definition) is 2. The van der Waals surface area contributed by atoms with E-state index >= 15 is 0 Å². The van der Waals surface area contributed by atoms with Gasteiger partial charge in [-0.15, -0.1) is 0 Å². The maximum absolute atomic E-state index is 12.5. The van der Waals surface area contributed by atoms with Crippen LogP contribution in [0.5, 0.6) is 0 Å². The molecule has 6 nitrogen and oxygen atoms in total. The SMILES string of the molecule is CNS(=O)(=O)c1ccc(C(=O)NC23CC4CC(CC(C4)C2)C3)o1. The van der Waals surface area contributed by atoms with Crippen LogP contribution in [0.1, 0.15) is 49.1 Å². The van der Waals surface area contributed by atoms with Gasteiger partial charge in [0.1, 0.15) is 0 Å². The molecule has 0 aliphatic heterocycles. The van der Waals surface area contributed by atoms with Gasteiger partial charge in [-0.2, -0.15) is 0 Å².